The summed E-state index contributed by atoms with van der Waals surface area (Å²) in [6.45, 7) is 0.110. The molecule has 0 bridgehead atoms. The van der Waals surface area contributed by atoms with Gasteiger partial charge < -0.3 is 10.1 Å². The number of terminal acetylenes is 1. The summed E-state index contributed by atoms with van der Waals surface area (Å²) in [7, 11) is 0. The number of hydrogen-bond donors (Lipinski definition) is 1. The molecule has 1 aromatic carbocycles. The third-order valence-corrected chi connectivity index (χ3v) is 5.62. The van der Waals surface area contributed by atoms with Gasteiger partial charge in [-0.2, -0.15) is 0 Å². The summed E-state index contributed by atoms with van der Waals surface area (Å²) in [4.78, 5) is 25.7. The van der Waals surface area contributed by atoms with Crippen molar-refractivity contribution in [1.82, 2.24) is 5.32 Å². The average Bonchev–Trinajstić information content (AvgIpc) is 2.66. The van der Waals surface area contributed by atoms with Crippen molar-refractivity contribution < 1.29 is 14.3 Å². The van der Waals surface area contributed by atoms with Gasteiger partial charge in [-0.3, -0.25) is 9.59 Å². The Morgan fingerprint density at radius 2 is 1.70 bits per heavy atom. The lowest BCUT2D eigenvalue weighted by Gasteiger charge is -2.37. The monoisotopic (exact) mass is 381 g/mol. The fourth-order valence-electron chi connectivity index (χ4n) is 4.29. The molecule has 0 aromatic heterocycles. The van der Waals surface area contributed by atoms with Crippen LogP contribution in [0.25, 0.3) is 0 Å². The molecule has 1 aromatic rings. The minimum atomic E-state index is -0.441. The zero-order chi connectivity index (χ0) is 19.0. The molecule has 0 radical (unpaired) electrons. The number of dihydropyridines is 1. The Bertz CT molecular complexity index is 893. The first-order valence-corrected chi connectivity index (χ1v) is 9.63. The highest BCUT2D eigenvalue weighted by molar-refractivity contribution is 6.30. The lowest BCUT2D eigenvalue weighted by Crippen LogP contribution is -2.36. The van der Waals surface area contributed by atoms with E-state index in [9.17, 15) is 9.59 Å². The second-order valence-corrected chi connectivity index (χ2v) is 7.51. The van der Waals surface area contributed by atoms with Crippen LogP contribution in [0.2, 0.25) is 5.02 Å². The zero-order valence-electron chi connectivity index (χ0n) is 14.9. The Morgan fingerprint density at radius 3 is 2.30 bits per heavy atom. The number of benzene rings is 1. The summed E-state index contributed by atoms with van der Waals surface area (Å²) in [5.41, 5.74) is 3.98. The molecule has 138 valence electrons. The van der Waals surface area contributed by atoms with Gasteiger partial charge in [0.15, 0.2) is 11.6 Å². The quantitative estimate of drug-likeness (QED) is 0.802. The zero-order valence-corrected chi connectivity index (χ0v) is 15.7. The van der Waals surface area contributed by atoms with E-state index >= 15 is 0 Å². The molecule has 27 heavy (non-hydrogen) atoms. The summed E-state index contributed by atoms with van der Waals surface area (Å²) in [6.07, 6.45) is 9.61. The van der Waals surface area contributed by atoms with Crippen LogP contribution in [0.4, 0.5) is 0 Å². The van der Waals surface area contributed by atoms with Crippen LogP contribution < -0.4 is 10.1 Å². The average molecular weight is 382 g/mol. The maximum Gasteiger partial charge on any atom is 0.161 e. The van der Waals surface area contributed by atoms with E-state index < -0.39 is 5.92 Å². The molecule has 0 saturated carbocycles. The highest BCUT2D eigenvalue weighted by Gasteiger charge is 2.41. The molecule has 0 fully saturated rings. The molecule has 0 saturated heterocycles. The number of allylic oxidation sites excluding steroid dienone is 4. The summed E-state index contributed by atoms with van der Waals surface area (Å²) in [5.74, 6) is 2.76. The summed E-state index contributed by atoms with van der Waals surface area (Å²) >= 11 is 6.28. The molecular formula is C22H20ClNO3. The fraction of sp³-hybridized carbons (Fsp3) is 0.364. The van der Waals surface area contributed by atoms with Crippen LogP contribution in [0.3, 0.4) is 0 Å². The van der Waals surface area contributed by atoms with Crippen molar-refractivity contribution in [2.45, 2.75) is 44.4 Å². The van der Waals surface area contributed by atoms with Gasteiger partial charge in [0.2, 0.25) is 0 Å². The third-order valence-electron chi connectivity index (χ3n) is 5.39. The van der Waals surface area contributed by atoms with Crippen LogP contribution in [0.15, 0.2) is 40.7 Å². The molecule has 4 nitrogen and oxygen atoms in total. The highest BCUT2D eigenvalue weighted by Crippen LogP contribution is 2.47. The van der Waals surface area contributed by atoms with E-state index in [0.29, 0.717) is 34.8 Å². The Kier molecular flexibility index (Phi) is 4.80. The highest BCUT2D eigenvalue weighted by atomic mass is 35.5. The van der Waals surface area contributed by atoms with Gasteiger partial charge in [0, 0.05) is 51.9 Å². The number of carbonyl (C=O) groups is 2. The number of rotatable bonds is 3. The predicted molar refractivity (Wildman–Crippen MR) is 103 cm³/mol. The second-order valence-electron chi connectivity index (χ2n) is 7.07. The van der Waals surface area contributed by atoms with Crippen LogP contribution in [-0.2, 0) is 9.59 Å². The Hall–Kier alpha value is -2.51. The molecule has 0 unspecified atom stereocenters. The number of carbonyl (C=O) groups excluding carboxylic acids is 2. The molecule has 1 N–H and O–H groups in total. The Morgan fingerprint density at radius 1 is 1.07 bits per heavy atom. The number of hydrogen-bond acceptors (Lipinski definition) is 4. The largest absolute Gasteiger partial charge is 0.481 e. The van der Waals surface area contributed by atoms with Crippen molar-refractivity contribution >= 4 is 23.2 Å². The van der Waals surface area contributed by atoms with Crippen molar-refractivity contribution in [3.05, 3.63) is 51.3 Å². The summed E-state index contributed by atoms with van der Waals surface area (Å²) in [6, 6.07) is 5.29. The van der Waals surface area contributed by atoms with Gasteiger partial charge in [-0.1, -0.05) is 17.5 Å². The molecule has 3 aliphatic rings. The predicted octanol–water partition coefficient (Wildman–Crippen LogP) is 4.05. The van der Waals surface area contributed by atoms with Crippen molar-refractivity contribution in [3.8, 4) is 18.1 Å². The van der Waals surface area contributed by atoms with Crippen LogP contribution in [0, 0.1) is 12.3 Å². The minimum absolute atomic E-state index is 0.0848. The lowest BCUT2D eigenvalue weighted by atomic mass is 9.71. The van der Waals surface area contributed by atoms with Gasteiger partial charge >= 0.3 is 0 Å². The maximum absolute atomic E-state index is 12.9. The third kappa shape index (κ3) is 3.17. The number of ketones is 2. The SMILES string of the molecule is C#CCOc1ccc(Cl)cc1C1C2=C(CCCC2=O)NC2=C1C(=O)CCC2. The molecule has 4 rings (SSSR count). The lowest BCUT2D eigenvalue weighted by molar-refractivity contribution is -0.116. The molecule has 2 aliphatic carbocycles. The molecule has 0 amide bonds. The minimum Gasteiger partial charge on any atom is -0.481 e. The van der Waals surface area contributed by atoms with Crippen LogP contribution in [0.1, 0.15) is 50.0 Å². The first kappa shape index (κ1) is 17.9. The fourth-order valence-corrected chi connectivity index (χ4v) is 4.47. The Labute approximate surface area is 163 Å². The van der Waals surface area contributed by atoms with Crippen molar-refractivity contribution in [3.63, 3.8) is 0 Å². The van der Waals surface area contributed by atoms with Gasteiger partial charge in [0.25, 0.3) is 0 Å². The first-order valence-electron chi connectivity index (χ1n) is 9.25. The van der Waals surface area contributed by atoms with Crippen LogP contribution in [-0.4, -0.2) is 18.2 Å². The summed E-state index contributed by atoms with van der Waals surface area (Å²) < 4.78 is 5.74. The molecule has 1 aliphatic heterocycles. The van der Waals surface area contributed by atoms with Crippen molar-refractivity contribution in [2.24, 2.45) is 0 Å². The topological polar surface area (TPSA) is 55.4 Å². The van der Waals surface area contributed by atoms with Gasteiger partial charge in [0.05, 0.1) is 0 Å². The van der Waals surface area contributed by atoms with E-state index in [1.54, 1.807) is 18.2 Å². The van der Waals surface area contributed by atoms with Gasteiger partial charge in [-0.25, -0.2) is 0 Å². The van der Waals surface area contributed by atoms with E-state index in [1.165, 1.54) is 0 Å². The smallest absolute Gasteiger partial charge is 0.161 e. The van der Waals surface area contributed by atoms with Crippen LogP contribution >= 0.6 is 11.6 Å². The van der Waals surface area contributed by atoms with E-state index in [4.69, 9.17) is 22.8 Å². The number of Topliss-reactive ketones (excluding diaryl/α,β-unsaturated/α-hetero) is 2. The number of nitrogens with one attached hydrogen (secondary N) is 1. The van der Waals surface area contributed by atoms with Gasteiger partial charge in [0.1, 0.15) is 12.4 Å². The van der Waals surface area contributed by atoms with Gasteiger partial charge in [-0.05, 0) is 43.9 Å². The molecule has 1 heterocycles. The summed E-state index contributed by atoms with van der Waals surface area (Å²) in [5, 5.41) is 3.94. The van der Waals surface area contributed by atoms with Crippen molar-refractivity contribution in [1.29, 1.82) is 0 Å². The number of halogens is 1. The molecular weight excluding hydrogens is 362 g/mol. The second kappa shape index (κ2) is 7.25. The van der Waals surface area contributed by atoms with E-state index in [-0.39, 0.29) is 18.2 Å². The van der Waals surface area contributed by atoms with Gasteiger partial charge in [-0.15, -0.1) is 6.42 Å². The standard InChI is InChI=1S/C22H20ClNO3/c1-2-11-27-19-10-9-13(23)12-14(19)20-21-15(5-3-7-17(21)25)24-16-6-4-8-18(26)22(16)20/h1,9-10,12,20,24H,3-8,11H2. The number of ether oxygens (including phenoxy) is 1. The van der Waals surface area contributed by atoms with Crippen LogP contribution in [0.5, 0.6) is 5.75 Å². The molecule has 5 heteroatoms. The first-order chi connectivity index (χ1) is 13.1. The van der Waals surface area contributed by atoms with E-state index in [2.05, 4.69) is 11.2 Å². The van der Waals surface area contributed by atoms with E-state index in [1.807, 2.05) is 0 Å². The van der Waals surface area contributed by atoms with E-state index in [0.717, 1.165) is 42.6 Å². The normalized spacial score (nSPS) is 20.0. The molecule has 0 spiro atoms. The Balaban J connectivity index is 1.92. The van der Waals surface area contributed by atoms with Crippen molar-refractivity contribution in [2.75, 3.05) is 6.61 Å². The molecule has 0 atom stereocenters. The maximum atomic E-state index is 12.9.